The van der Waals surface area contributed by atoms with Gasteiger partial charge in [0.2, 0.25) is 0 Å². The molecule has 1 N–H and O–H groups in total. The van der Waals surface area contributed by atoms with Gasteiger partial charge in [-0.1, -0.05) is 11.2 Å². The van der Waals surface area contributed by atoms with Crippen LogP contribution in [0, 0.1) is 5.92 Å². The molecule has 0 saturated heterocycles. The Bertz CT molecular complexity index is 642. The summed E-state index contributed by atoms with van der Waals surface area (Å²) in [6, 6.07) is 2.52. The number of hydrogen-bond acceptors (Lipinski definition) is 5. The molecule has 2 aromatic heterocycles. The summed E-state index contributed by atoms with van der Waals surface area (Å²) in [5.41, 5.74) is 0.883. The average molecular weight is 350 g/mol. The van der Waals surface area contributed by atoms with Crippen molar-refractivity contribution < 1.29 is 9.29 Å². The summed E-state index contributed by atoms with van der Waals surface area (Å²) in [5.74, 6) is 3.04. The lowest BCUT2D eigenvalue weighted by molar-refractivity contribution is 0.217. The fraction of sp³-hybridized carbons (Fsp3) is 0.647. The van der Waals surface area contributed by atoms with E-state index in [1.807, 2.05) is 12.3 Å². The van der Waals surface area contributed by atoms with Gasteiger partial charge in [0.15, 0.2) is 0 Å². The van der Waals surface area contributed by atoms with Crippen LogP contribution in [0.5, 0.6) is 0 Å². The third kappa shape index (κ3) is 4.02. The number of nitrogens with one attached hydrogen (secondary N) is 1. The Kier molecular flexibility index (Phi) is 5.97. The van der Waals surface area contributed by atoms with Gasteiger partial charge in [-0.05, 0) is 31.7 Å². The minimum atomic E-state index is -0.752. The molecule has 1 aliphatic carbocycles. The van der Waals surface area contributed by atoms with E-state index in [0.717, 1.165) is 48.3 Å². The monoisotopic (exact) mass is 350 g/mol. The second-order valence-corrected chi connectivity index (χ2v) is 8.15. The van der Waals surface area contributed by atoms with Crippen LogP contribution in [-0.2, 0) is 15.9 Å². The maximum atomic E-state index is 12.0. The molecule has 1 atom stereocenters. The quantitative estimate of drug-likeness (QED) is 0.776. The van der Waals surface area contributed by atoms with E-state index >= 15 is 0 Å². The van der Waals surface area contributed by atoms with Gasteiger partial charge in [-0.15, -0.1) is 0 Å². The molecule has 1 unspecified atom stereocenters. The molecule has 2 aromatic rings. The normalized spacial score (nSPS) is 22.6. The maximum absolute atomic E-state index is 12.0. The Labute approximate surface area is 146 Å². The fourth-order valence-corrected chi connectivity index (χ4v) is 4.91. The highest BCUT2D eigenvalue weighted by atomic mass is 32.2. The number of rotatable bonds is 7. The smallest absolute Gasteiger partial charge is 0.142 e. The largest absolute Gasteiger partial charge is 0.616 e. The van der Waals surface area contributed by atoms with Gasteiger partial charge < -0.3 is 19.2 Å². The third-order valence-corrected chi connectivity index (χ3v) is 6.43. The summed E-state index contributed by atoms with van der Waals surface area (Å²) in [5, 5.41) is 1.07. The van der Waals surface area contributed by atoms with Crippen molar-refractivity contribution in [1.29, 1.82) is 0 Å². The van der Waals surface area contributed by atoms with E-state index in [1.54, 1.807) is 13.4 Å². The number of H-pyrrole nitrogens is 1. The van der Waals surface area contributed by atoms with Crippen molar-refractivity contribution in [2.75, 3.05) is 37.2 Å². The molecular weight excluding hydrogens is 324 g/mol. The van der Waals surface area contributed by atoms with Crippen molar-refractivity contribution in [3.05, 3.63) is 18.6 Å². The Balaban J connectivity index is 1.55. The minimum absolute atomic E-state index is 0.488. The predicted octanol–water partition coefficient (Wildman–Crippen LogP) is 2.35. The first-order valence-corrected chi connectivity index (χ1v) is 10.0. The van der Waals surface area contributed by atoms with Crippen molar-refractivity contribution in [3.8, 4) is 0 Å². The molecule has 1 fully saturated rings. The van der Waals surface area contributed by atoms with Gasteiger partial charge in [0.25, 0.3) is 0 Å². The highest BCUT2D eigenvalue weighted by Gasteiger charge is 2.28. The molecule has 0 spiro atoms. The second-order valence-electron chi connectivity index (χ2n) is 6.53. The number of fused-ring (bicyclic) bond motifs is 1. The summed E-state index contributed by atoms with van der Waals surface area (Å²) in [6.45, 7) is 0.588. The van der Waals surface area contributed by atoms with Gasteiger partial charge in [-0.25, -0.2) is 9.97 Å². The molecule has 7 heteroatoms. The standard InChI is InChI=1S/C17H26N4O2S/c1-21(17-15-7-8-18-16(15)19-12-20-17)14-5-3-13(4-6-14)11-24(22)10-9-23-2/h7-8,12-14H,3-6,9-11H2,1-2H3,(H,18,19,20). The van der Waals surface area contributed by atoms with Crippen LogP contribution in [0.2, 0.25) is 0 Å². The van der Waals surface area contributed by atoms with E-state index in [9.17, 15) is 4.55 Å². The molecule has 0 bridgehead atoms. The molecule has 132 valence electrons. The van der Waals surface area contributed by atoms with Gasteiger partial charge in [-0.3, -0.25) is 0 Å². The molecule has 3 rings (SSSR count). The van der Waals surface area contributed by atoms with Gasteiger partial charge in [0.05, 0.1) is 12.0 Å². The number of aromatic amines is 1. The topological polar surface area (TPSA) is 77.1 Å². The zero-order valence-corrected chi connectivity index (χ0v) is 15.2. The average Bonchev–Trinajstić information content (AvgIpc) is 3.08. The Morgan fingerprint density at radius 1 is 1.33 bits per heavy atom. The SMILES string of the molecule is COCC[S+]([O-])CC1CCC(N(C)c2ncnc3[nH]ccc23)CC1. The highest BCUT2D eigenvalue weighted by molar-refractivity contribution is 7.91. The first kappa shape index (κ1) is 17.5. The summed E-state index contributed by atoms with van der Waals surface area (Å²) in [7, 11) is 3.78. The van der Waals surface area contributed by atoms with Gasteiger partial charge in [0.1, 0.15) is 29.3 Å². The van der Waals surface area contributed by atoms with Crippen molar-refractivity contribution in [2.24, 2.45) is 5.92 Å². The molecule has 6 nitrogen and oxygen atoms in total. The first-order chi connectivity index (χ1) is 11.7. The van der Waals surface area contributed by atoms with Crippen LogP contribution >= 0.6 is 0 Å². The molecule has 0 aromatic carbocycles. The molecule has 1 aliphatic rings. The lowest BCUT2D eigenvalue weighted by Gasteiger charge is -2.35. The number of anilines is 1. The van der Waals surface area contributed by atoms with Crippen LogP contribution in [0.15, 0.2) is 18.6 Å². The van der Waals surface area contributed by atoms with Gasteiger partial charge >= 0.3 is 0 Å². The van der Waals surface area contributed by atoms with Crippen LogP contribution in [0.25, 0.3) is 11.0 Å². The van der Waals surface area contributed by atoms with Crippen molar-refractivity contribution >= 4 is 28.0 Å². The maximum Gasteiger partial charge on any atom is 0.142 e. The summed E-state index contributed by atoms with van der Waals surface area (Å²) < 4.78 is 17.0. The zero-order valence-electron chi connectivity index (χ0n) is 14.4. The number of ether oxygens (including phenoxy) is 1. The van der Waals surface area contributed by atoms with E-state index in [-0.39, 0.29) is 0 Å². The predicted molar refractivity (Wildman–Crippen MR) is 97.8 cm³/mol. The number of nitrogens with zero attached hydrogens (tertiary/aromatic N) is 3. The van der Waals surface area contributed by atoms with Gasteiger partial charge in [-0.2, -0.15) is 0 Å². The molecule has 0 amide bonds. The number of hydrogen-bond donors (Lipinski definition) is 1. The Morgan fingerprint density at radius 2 is 2.12 bits per heavy atom. The Hall–Kier alpha value is -1.31. The van der Waals surface area contributed by atoms with Crippen molar-refractivity contribution in [2.45, 2.75) is 31.7 Å². The molecule has 2 heterocycles. The summed E-state index contributed by atoms with van der Waals surface area (Å²) in [4.78, 5) is 14.2. The molecule has 1 saturated carbocycles. The summed E-state index contributed by atoms with van der Waals surface area (Å²) in [6.07, 6.45) is 8.04. The Morgan fingerprint density at radius 3 is 2.88 bits per heavy atom. The van der Waals surface area contributed by atoms with E-state index in [0.29, 0.717) is 24.3 Å². The lowest BCUT2D eigenvalue weighted by Crippen LogP contribution is -2.37. The van der Waals surface area contributed by atoms with E-state index in [2.05, 4.69) is 26.9 Å². The lowest BCUT2D eigenvalue weighted by atomic mass is 9.86. The van der Waals surface area contributed by atoms with Crippen molar-refractivity contribution in [1.82, 2.24) is 15.0 Å². The van der Waals surface area contributed by atoms with E-state index in [4.69, 9.17) is 4.74 Å². The number of methoxy groups -OCH3 is 1. The van der Waals surface area contributed by atoms with E-state index < -0.39 is 11.2 Å². The third-order valence-electron chi connectivity index (χ3n) is 4.97. The van der Waals surface area contributed by atoms with Gasteiger partial charge in [0, 0.05) is 32.3 Å². The van der Waals surface area contributed by atoms with Crippen LogP contribution in [0.1, 0.15) is 25.7 Å². The highest BCUT2D eigenvalue weighted by Crippen LogP contribution is 2.32. The second kappa shape index (κ2) is 8.18. The molecule has 24 heavy (non-hydrogen) atoms. The minimum Gasteiger partial charge on any atom is -0.616 e. The molecule has 0 aliphatic heterocycles. The van der Waals surface area contributed by atoms with Crippen LogP contribution in [-0.4, -0.2) is 57.8 Å². The molecule has 0 radical (unpaired) electrons. The van der Waals surface area contributed by atoms with Crippen LogP contribution in [0.4, 0.5) is 5.82 Å². The fourth-order valence-electron chi connectivity index (χ4n) is 3.53. The molecular formula is C17H26N4O2S. The van der Waals surface area contributed by atoms with Crippen LogP contribution in [0.3, 0.4) is 0 Å². The summed E-state index contributed by atoms with van der Waals surface area (Å²) >= 11 is -0.752. The zero-order chi connectivity index (χ0) is 16.9. The van der Waals surface area contributed by atoms with Crippen molar-refractivity contribution in [3.63, 3.8) is 0 Å². The van der Waals surface area contributed by atoms with E-state index in [1.165, 1.54) is 0 Å². The van der Waals surface area contributed by atoms with Crippen LogP contribution < -0.4 is 4.90 Å². The first-order valence-electron chi connectivity index (χ1n) is 8.54. The number of aromatic nitrogens is 3.